The second-order valence-electron chi connectivity index (χ2n) is 9.22. The van der Waals surface area contributed by atoms with Crippen molar-refractivity contribution in [3.63, 3.8) is 0 Å². The zero-order valence-electron chi connectivity index (χ0n) is 21.1. The lowest BCUT2D eigenvalue weighted by Crippen LogP contribution is -2.42. The van der Waals surface area contributed by atoms with Gasteiger partial charge in [0.25, 0.3) is 5.91 Å². The van der Waals surface area contributed by atoms with E-state index in [2.05, 4.69) is 15.6 Å². The van der Waals surface area contributed by atoms with Gasteiger partial charge in [-0.15, -0.1) is 0 Å². The number of oxazole rings is 1. The summed E-state index contributed by atoms with van der Waals surface area (Å²) in [6.45, 7) is 9.56. The van der Waals surface area contributed by atoms with Crippen molar-refractivity contribution < 1.29 is 28.6 Å². The number of esters is 1. The summed E-state index contributed by atoms with van der Waals surface area (Å²) in [5.41, 5.74) is 1.04. The Morgan fingerprint density at radius 1 is 1.17 bits per heavy atom. The number of hydrogen-bond acceptors (Lipinski definition) is 7. The highest BCUT2D eigenvalue weighted by Gasteiger charge is 2.27. The fraction of sp³-hybridized carbons (Fsp3) is 0.538. The van der Waals surface area contributed by atoms with Crippen LogP contribution in [0.5, 0.6) is 0 Å². The summed E-state index contributed by atoms with van der Waals surface area (Å²) >= 11 is 0. The molecule has 1 aliphatic rings. The number of aliphatic hydroxyl groups is 1. The molecule has 0 aliphatic carbocycles. The first-order chi connectivity index (χ1) is 16.6. The van der Waals surface area contributed by atoms with E-state index in [0.717, 1.165) is 5.57 Å². The first-order valence-corrected chi connectivity index (χ1v) is 12.0. The maximum Gasteiger partial charge on any atom is 0.328 e. The fourth-order valence-electron chi connectivity index (χ4n) is 3.61. The molecule has 4 atom stereocenters. The molecule has 192 valence electrons. The average molecular weight is 488 g/mol. The Morgan fingerprint density at radius 2 is 1.91 bits per heavy atom. The molecular formula is C26H37N3O6. The Bertz CT molecular complexity index is 962. The van der Waals surface area contributed by atoms with Crippen LogP contribution < -0.4 is 10.6 Å². The summed E-state index contributed by atoms with van der Waals surface area (Å²) in [6.07, 6.45) is 10.3. The molecule has 9 heteroatoms. The highest BCUT2D eigenvalue weighted by Crippen LogP contribution is 2.19. The summed E-state index contributed by atoms with van der Waals surface area (Å²) in [6, 6.07) is -0.919. The number of aromatic nitrogens is 1. The van der Waals surface area contributed by atoms with Crippen LogP contribution >= 0.6 is 0 Å². The van der Waals surface area contributed by atoms with Gasteiger partial charge in [-0.3, -0.25) is 9.59 Å². The third-order valence-electron chi connectivity index (χ3n) is 5.62. The quantitative estimate of drug-likeness (QED) is 0.519. The summed E-state index contributed by atoms with van der Waals surface area (Å²) in [7, 11) is 0. The highest BCUT2D eigenvalue weighted by atomic mass is 16.5. The molecule has 1 aromatic rings. The van der Waals surface area contributed by atoms with E-state index in [1.165, 1.54) is 19.3 Å². The molecule has 1 aromatic heterocycles. The molecule has 2 heterocycles. The predicted octanol–water partition coefficient (Wildman–Crippen LogP) is 2.87. The van der Waals surface area contributed by atoms with Crippen molar-refractivity contribution in [1.82, 2.24) is 15.6 Å². The number of cyclic esters (lactones) is 1. The minimum Gasteiger partial charge on any atom is -0.460 e. The van der Waals surface area contributed by atoms with Crippen LogP contribution in [-0.4, -0.2) is 52.7 Å². The number of hydrogen-bond donors (Lipinski definition) is 3. The van der Waals surface area contributed by atoms with Gasteiger partial charge in [-0.25, -0.2) is 9.78 Å². The number of nitrogens with zero attached hydrogens (tertiary/aromatic N) is 1. The van der Waals surface area contributed by atoms with E-state index in [0.29, 0.717) is 19.4 Å². The Kier molecular flexibility index (Phi) is 10.9. The van der Waals surface area contributed by atoms with Crippen molar-refractivity contribution >= 4 is 17.8 Å². The lowest BCUT2D eigenvalue weighted by atomic mass is 9.94. The van der Waals surface area contributed by atoms with Crippen LogP contribution in [0.3, 0.4) is 0 Å². The van der Waals surface area contributed by atoms with Crippen LogP contribution in [0, 0.1) is 11.8 Å². The van der Waals surface area contributed by atoms with E-state index in [9.17, 15) is 19.5 Å². The topological polar surface area (TPSA) is 131 Å². The van der Waals surface area contributed by atoms with Gasteiger partial charge in [0, 0.05) is 12.5 Å². The van der Waals surface area contributed by atoms with Crippen LogP contribution in [0.2, 0.25) is 0 Å². The monoisotopic (exact) mass is 487 g/mol. The van der Waals surface area contributed by atoms with E-state index in [1.54, 1.807) is 6.08 Å². The van der Waals surface area contributed by atoms with Gasteiger partial charge < -0.3 is 24.9 Å². The molecule has 1 aliphatic heterocycles. The van der Waals surface area contributed by atoms with Gasteiger partial charge in [0.15, 0.2) is 11.6 Å². The summed E-state index contributed by atoms with van der Waals surface area (Å²) in [5, 5.41) is 15.6. The fourth-order valence-corrected chi connectivity index (χ4v) is 3.61. The first-order valence-electron chi connectivity index (χ1n) is 12.0. The summed E-state index contributed by atoms with van der Waals surface area (Å²) < 4.78 is 11.0. The molecule has 0 saturated heterocycles. The number of carbonyl (C=O) groups excluding carboxylic acids is 3. The number of nitrogens with one attached hydrogen (secondary N) is 2. The maximum absolute atomic E-state index is 12.7. The van der Waals surface area contributed by atoms with E-state index in [1.807, 2.05) is 45.9 Å². The molecule has 35 heavy (non-hydrogen) atoms. The van der Waals surface area contributed by atoms with Gasteiger partial charge in [-0.2, -0.15) is 0 Å². The van der Waals surface area contributed by atoms with Crippen molar-refractivity contribution in [3.05, 3.63) is 53.8 Å². The molecule has 9 nitrogen and oxygen atoms in total. The second-order valence-corrected chi connectivity index (χ2v) is 9.22. The summed E-state index contributed by atoms with van der Waals surface area (Å²) in [5.74, 6) is -1.40. The Morgan fingerprint density at radius 3 is 2.63 bits per heavy atom. The molecule has 2 amide bonds. The molecule has 0 saturated carbocycles. The van der Waals surface area contributed by atoms with Gasteiger partial charge in [0.1, 0.15) is 18.4 Å². The number of amides is 2. The van der Waals surface area contributed by atoms with Crippen molar-refractivity contribution in [1.29, 1.82) is 0 Å². The normalized spacial score (nSPS) is 29.3. The zero-order chi connectivity index (χ0) is 26.0. The standard InChI is InChI=1S/C26H37N3O6/c1-16(2)24-18(4)11-12-22(31)27-13-7-9-17(3)8-6-10-20(30)14-23-29-21(15-34-23)25(32)28-19(5)26(33)35-24/h7-9,11-12,15-16,18-20,24,30H,6,10,13-14H2,1-5H3,(H,27,31)(H,28,32)/b9-7+,12-11+,17-8+/t18-,19-,20-,24-/m1/s1. The van der Waals surface area contributed by atoms with E-state index < -0.39 is 30.1 Å². The van der Waals surface area contributed by atoms with Gasteiger partial charge >= 0.3 is 5.97 Å². The van der Waals surface area contributed by atoms with Crippen LogP contribution in [0.4, 0.5) is 0 Å². The van der Waals surface area contributed by atoms with Crippen LogP contribution in [0.1, 0.15) is 63.8 Å². The number of allylic oxidation sites excluding steroid dienone is 3. The largest absolute Gasteiger partial charge is 0.460 e. The Balaban J connectivity index is 2.20. The van der Waals surface area contributed by atoms with Gasteiger partial charge in [0.2, 0.25) is 5.91 Å². The van der Waals surface area contributed by atoms with Gasteiger partial charge in [-0.05, 0) is 38.7 Å². The van der Waals surface area contributed by atoms with Crippen molar-refractivity contribution in [2.75, 3.05) is 6.54 Å². The molecule has 0 aromatic carbocycles. The van der Waals surface area contributed by atoms with Gasteiger partial charge in [0.05, 0.1) is 12.5 Å². The molecule has 0 unspecified atom stereocenters. The molecule has 3 N–H and O–H groups in total. The SMILES string of the molecule is CC1=C\CC[C@@H](O)Cc2nc(co2)C(=O)N[C@H](C)C(=O)O[C@H](C(C)C)[C@H](C)/C=C/C(=O)NC\C=C\1. The Labute approximate surface area is 206 Å². The van der Waals surface area contributed by atoms with E-state index in [-0.39, 0.29) is 35.7 Å². The third-order valence-corrected chi connectivity index (χ3v) is 5.62. The number of aliphatic hydroxyl groups excluding tert-OH is 1. The number of ether oxygens (including phenoxy) is 1. The van der Waals surface area contributed by atoms with Crippen molar-refractivity contribution in [2.24, 2.45) is 11.8 Å². The minimum atomic E-state index is -0.919. The predicted molar refractivity (Wildman–Crippen MR) is 131 cm³/mol. The number of rotatable bonds is 1. The average Bonchev–Trinajstić information content (AvgIpc) is 3.26. The number of fused-ring (bicyclic) bond motifs is 2. The molecule has 0 spiro atoms. The zero-order valence-corrected chi connectivity index (χ0v) is 21.1. The molecule has 2 rings (SSSR count). The molecule has 2 bridgehead atoms. The lowest BCUT2D eigenvalue weighted by Gasteiger charge is -2.27. The molecule has 0 fully saturated rings. The van der Waals surface area contributed by atoms with Crippen LogP contribution in [0.25, 0.3) is 0 Å². The van der Waals surface area contributed by atoms with Gasteiger partial charge in [-0.1, -0.05) is 50.6 Å². The summed E-state index contributed by atoms with van der Waals surface area (Å²) in [4.78, 5) is 41.5. The molecule has 0 radical (unpaired) electrons. The number of carbonyl (C=O) groups is 3. The second kappa shape index (κ2) is 13.6. The Hall–Kier alpha value is -3.20. The first kappa shape index (κ1) is 28.0. The lowest BCUT2D eigenvalue weighted by molar-refractivity contribution is -0.155. The smallest absolute Gasteiger partial charge is 0.328 e. The van der Waals surface area contributed by atoms with Crippen molar-refractivity contribution in [2.45, 2.75) is 72.1 Å². The minimum absolute atomic E-state index is 0.0127. The maximum atomic E-state index is 12.7. The van der Waals surface area contributed by atoms with E-state index >= 15 is 0 Å². The van der Waals surface area contributed by atoms with E-state index in [4.69, 9.17) is 9.15 Å². The molecular weight excluding hydrogens is 450 g/mol. The third kappa shape index (κ3) is 9.52. The van der Waals surface area contributed by atoms with Crippen LogP contribution in [0.15, 0.2) is 46.6 Å². The highest BCUT2D eigenvalue weighted by molar-refractivity contribution is 5.94. The van der Waals surface area contributed by atoms with Crippen molar-refractivity contribution in [3.8, 4) is 0 Å². The van der Waals surface area contributed by atoms with Crippen LogP contribution in [-0.2, 0) is 20.7 Å².